The normalized spacial score (nSPS) is 11.8. The third kappa shape index (κ3) is 4.38. The van der Waals surface area contributed by atoms with Crippen molar-refractivity contribution >= 4 is 23.0 Å². The smallest absolute Gasteiger partial charge is 0.193 e. The van der Waals surface area contributed by atoms with Crippen LogP contribution < -0.4 is 11.1 Å². The Balaban J connectivity index is 1.90. The molecule has 2 aromatic rings. The molecular formula is C16H21N3S. The van der Waals surface area contributed by atoms with Crippen molar-refractivity contribution in [2.45, 2.75) is 26.2 Å². The third-order valence-electron chi connectivity index (χ3n) is 3.05. The van der Waals surface area contributed by atoms with Gasteiger partial charge in [0.05, 0.1) is 0 Å². The summed E-state index contributed by atoms with van der Waals surface area (Å²) in [7, 11) is 0. The number of nitrogens with zero attached hydrogens (tertiary/aromatic N) is 1. The van der Waals surface area contributed by atoms with Crippen LogP contribution in [0.4, 0.5) is 5.69 Å². The number of anilines is 1. The molecule has 0 aliphatic heterocycles. The number of hydrogen-bond acceptors (Lipinski definition) is 2. The molecule has 0 unspecified atom stereocenters. The van der Waals surface area contributed by atoms with Crippen molar-refractivity contribution in [2.75, 3.05) is 11.9 Å². The minimum atomic E-state index is 0.475. The molecule has 0 aliphatic rings. The lowest BCUT2D eigenvalue weighted by Crippen LogP contribution is -2.23. The van der Waals surface area contributed by atoms with E-state index in [1.165, 1.54) is 10.4 Å². The first-order chi connectivity index (χ1) is 9.65. The van der Waals surface area contributed by atoms with E-state index in [9.17, 15) is 0 Å². The lowest BCUT2D eigenvalue weighted by molar-refractivity contribution is 0.867. The molecule has 1 heterocycles. The van der Waals surface area contributed by atoms with E-state index in [-0.39, 0.29) is 0 Å². The maximum Gasteiger partial charge on any atom is 0.193 e. The van der Waals surface area contributed by atoms with Gasteiger partial charge in [-0.25, -0.2) is 0 Å². The number of rotatable bonds is 5. The molecule has 0 spiro atoms. The topological polar surface area (TPSA) is 50.4 Å². The molecule has 4 heteroatoms. The van der Waals surface area contributed by atoms with Gasteiger partial charge in [0.2, 0.25) is 0 Å². The zero-order chi connectivity index (χ0) is 14.4. The van der Waals surface area contributed by atoms with Gasteiger partial charge in [0.25, 0.3) is 0 Å². The largest absolute Gasteiger partial charge is 0.370 e. The van der Waals surface area contributed by atoms with Crippen LogP contribution in [0.2, 0.25) is 0 Å². The fraction of sp³-hybridized carbons (Fsp3) is 0.312. The predicted octanol–water partition coefficient (Wildman–Crippen LogP) is 3.84. The molecule has 3 nitrogen and oxygen atoms in total. The molecule has 0 aliphatic carbocycles. The highest BCUT2D eigenvalue weighted by Gasteiger charge is 2.01. The summed E-state index contributed by atoms with van der Waals surface area (Å²) in [4.78, 5) is 5.70. The maximum absolute atomic E-state index is 5.91. The van der Waals surface area contributed by atoms with Crippen LogP contribution in [-0.2, 0) is 6.42 Å². The fourth-order valence-corrected chi connectivity index (χ4v) is 2.60. The fourth-order valence-electron chi connectivity index (χ4n) is 1.90. The summed E-state index contributed by atoms with van der Waals surface area (Å²) in [5.74, 6) is 0.983. The standard InChI is InChI=1S/C16H21N3S/c1-12(2)13-5-3-6-14(11-13)19-16(17)18-9-8-15-7-4-10-20-15/h3-7,10-12H,8-9H2,1-2H3,(H3,17,18,19). The van der Waals surface area contributed by atoms with Crippen LogP contribution in [0.5, 0.6) is 0 Å². The number of thiophene rings is 1. The molecule has 0 radical (unpaired) electrons. The summed E-state index contributed by atoms with van der Waals surface area (Å²) in [5.41, 5.74) is 8.20. The van der Waals surface area contributed by atoms with Gasteiger partial charge >= 0.3 is 0 Å². The Bertz CT molecular complexity index is 559. The number of nitrogens with one attached hydrogen (secondary N) is 1. The van der Waals surface area contributed by atoms with Crippen LogP contribution >= 0.6 is 11.3 Å². The van der Waals surface area contributed by atoms with Crippen LogP contribution in [0.1, 0.15) is 30.2 Å². The van der Waals surface area contributed by atoms with Crippen LogP contribution in [-0.4, -0.2) is 12.5 Å². The Morgan fingerprint density at radius 1 is 1.30 bits per heavy atom. The van der Waals surface area contributed by atoms with Gasteiger partial charge in [0, 0.05) is 23.5 Å². The molecule has 3 N–H and O–H groups in total. The molecule has 1 aromatic carbocycles. The summed E-state index contributed by atoms with van der Waals surface area (Å²) in [6, 6.07) is 12.5. The van der Waals surface area contributed by atoms with Crippen LogP contribution in [0, 0.1) is 0 Å². The second-order valence-electron chi connectivity index (χ2n) is 5.00. The van der Waals surface area contributed by atoms with E-state index in [1.54, 1.807) is 11.3 Å². The van der Waals surface area contributed by atoms with E-state index in [0.29, 0.717) is 18.4 Å². The summed E-state index contributed by atoms with van der Waals surface area (Å²) in [5, 5.41) is 5.23. The Hall–Kier alpha value is -1.81. The number of hydrogen-bond donors (Lipinski definition) is 2. The highest BCUT2D eigenvalue weighted by Crippen LogP contribution is 2.18. The molecule has 20 heavy (non-hydrogen) atoms. The second kappa shape index (κ2) is 7.10. The molecular weight excluding hydrogens is 266 g/mol. The van der Waals surface area contributed by atoms with E-state index in [4.69, 9.17) is 5.73 Å². The van der Waals surface area contributed by atoms with Crippen LogP contribution in [0.3, 0.4) is 0 Å². The summed E-state index contributed by atoms with van der Waals surface area (Å²) < 4.78 is 0. The first-order valence-corrected chi connectivity index (χ1v) is 7.72. The summed E-state index contributed by atoms with van der Waals surface area (Å²) in [6.07, 6.45) is 0.937. The van der Waals surface area contributed by atoms with Crippen molar-refractivity contribution in [1.29, 1.82) is 0 Å². The Kier molecular flexibility index (Phi) is 5.18. The number of benzene rings is 1. The maximum atomic E-state index is 5.91. The molecule has 106 valence electrons. The van der Waals surface area contributed by atoms with E-state index in [2.05, 4.69) is 53.8 Å². The number of guanidine groups is 1. The van der Waals surface area contributed by atoms with Gasteiger partial charge in [-0.05, 0) is 35.1 Å². The number of aliphatic imine (C=N–C) groups is 1. The highest BCUT2D eigenvalue weighted by atomic mass is 32.1. The molecule has 0 saturated heterocycles. The average molecular weight is 287 g/mol. The lowest BCUT2D eigenvalue weighted by atomic mass is 10.0. The minimum absolute atomic E-state index is 0.475. The third-order valence-corrected chi connectivity index (χ3v) is 3.98. The molecule has 2 rings (SSSR count). The molecule has 0 fully saturated rings. The molecule has 0 saturated carbocycles. The SMILES string of the molecule is CC(C)c1cccc(NC(N)=NCCc2cccs2)c1. The molecule has 0 atom stereocenters. The Morgan fingerprint density at radius 2 is 2.15 bits per heavy atom. The number of nitrogens with two attached hydrogens (primary N) is 1. The van der Waals surface area contributed by atoms with E-state index in [0.717, 1.165) is 12.1 Å². The van der Waals surface area contributed by atoms with E-state index < -0.39 is 0 Å². The molecule has 0 amide bonds. The summed E-state index contributed by atoms with van der Waals surface area (Å²) >= 11 is 1.75. The van der Waals surface area contributed by atoms with E-state index in [1.807, 2.05) is 12.1 Å². The van der Waals surface area contributed by atoms with Crippen molar-refractivity contribution in [2.24, 2.45) is 10.7 Å². The predicted molar refractivity (Wildman–Crippen MR) is 88.7 cm³/mol. The first kappa shape index (κ1) is 14.6. The Labute approximate surface area is 124 Å². The van der Waals surface area contributed by atoms with Gasteiger partial charge in [0.1, 0.15) is 0 Å². The van der Waals surface area contributed by atoms with Gasteiger partial charge in [-0.1, -0.05) is 32.0 Å². The van der Waals surface area contributed by atoms with Gasteiger partial charge in [0.15, 0.2) is 5.96 Å². The zero-order valence-electron chi connectivity index (χ0n) is 12.0. The van der Waals surface area contributed by atoms with Crippen molar-refractivity contribution in [1.82, 2.24) is 0 Å². The quantitative estimate of drug-likeness (QED) is 0.648. The van der Waals surface area contributed by atoms with Gasteiger partial charge in [-0.15, -0.1) is 11.3 Å². The van der Waals surface area contributed by atoms with Gasteiger partial charge in [-0.3, -0.25) is 4.99 Å². The zero-order valence-corrected chi connectivity index (χ0v) is 12.8. The molecule has 0 bridgehead atoms. The molecule has 1 aromatic heterocycles. The van der Waals surface area contributed by atoms with Gasteiger partial charge in [-0.2, -0.15) is 0 Å². The first-order valence-electron chi connectivity index (χ1n) is 6.84. The van der Waals surface area contributed by atoms with E-state index >= 15 is 0 Å². The van der Waals surface area contributed by atoms with Crippen molar-refractivity contribution in [3.05, 3.63) is 52.2 Å². The highest BCUT2D eigenvalue weighted by molar-refractivity contribution is 7.09. The minimum Gasteiger partial charge on any atom is -0.370 e. The van der Waals surface area contributed by atoms with Crippen molar-refractivity contribution < 1.29 is 0 Å². The summed E-state index contributed by atoms with van der Waals surface area (Å²) in [6.45, 7) is 5.07. The van der Waals surface area contributed by atoms with Crippen molar-refractivity contribution in [3.8, 4) is 0 Å². The van der Waals surface area contributed by atoms with Gasteiger partial charge < -0.3 is 11.1 Å². The monoisotopic (exact) mass is 287 g/mol. The van der Waals surface area contributed by atoms with Crippen LogP contribution in [0.15, 0.2) is 46.8 Å². The lowest BCUT2D eigenvalue weighted by Gasteiger charge is -2.09. The van der Waals surface area contributed by atoms with Crippen LogP contribution in [0.25, 0.3) is 0 Å². The average Bonchev–Trinajstić information content (AvgIpc) is 2.92. The van der Waals surface area contributed by atoms with Crippen molar-refractivity contribution in [3.63, 3.8) is 0 Å². The second-order valence-corrected chi connectivity index (χ2v) is 6.03. The Morgan fingerprint density at radius 3 is 2.85 bits per heavy atom.